The highest BCUT2D eigenvalue weighted by molar-refractivity contribution is 7.99. The minimum Gasteiger partial charge on any atom is -0.393 e. The van der Waals surface area contributed by atoms with E-state index in [9.17, 15) is 5.11 Å². The number of aromatic nitrogens is 2. The van der Waals surface area contributed by atoms with E-state index < -0.39 is 0 Å². The second-order valence-electron chi connectivity index (χ2n) is 3.95. The van der Waals surface area contributed by atoms with Gasteiger partial charge in [0.05, 0.1) is 11.8 Å². The maximum atomic E-state index is 9.88. The Labute approximate surface area is 102 Å². The monoisotopic (exact) mass is 242 g/mol. The van der Waals surface area contributed by atoms with Crippen LogP contribution in [0.2, 0.25) is 0 Å². The molecule has 0 radical (unpaired) electrons. The first kappa shape index (κ1) is 13.6. The molecule has 0 amide bonds. The molecule has 0 fully saturated rings. The summed E-state index contributed by atoms with van der Waals surface area (Å²) < 4.78 is 1.88. The smallest absolute Gasteiger partial charge is 0.0624 e. The molecule has 1 aromatic rings. The summed E-state index contributed by atoms with van der Waals surface area (Å²) in [5.74, 6) is 2.16. The third kappa shape index (κ3) is 4.18. The molecule has 1 heterocycles. The molecule has 0 aliphatic carbocycles. The molecule has 0 saturated carbocycles. The molecule has 16 heavy (non-hydrogen) atoms. The number of aliphatic hydroxyl groups excluding tert-OH is 1. The van der Waals surface area contributed by atoms with Gasteiger partial charge in [-0.15, -0.1) is 0 Å². The minimum atomic E-state index is -0.237. The quantitative estimate of drug-likeness (QED) is 0.744. The summed E-state index contributed by atoms with van der Waals surface area (Å²) in [6.07, 6.45) is 2.30. The van der Waals surface area contributed by atoms with E-state index in [0.717, 1.165) is 35.7 Å². The van der Waals surface area contributed by atoms with Gasteiger partial charge in [0.15, 0.2) is 0 Å². The van der Waals surface area contributed by atoms with E-state index in [1.165, 1.54) is 0 Å². The Kier molecular flexibility index (Phi) is 5.91. The van der Waals surface area contributed by atoms with Crippen LogP contribution in [0.3, 0.4) is 0 Å². The molecule has 1 atom stereocenters. The van der Waals surface area contributed by atoms with Crippen molar-refractivity contribution in [2.75, 3.05) is 11.5 Å². The van der Waals surface area contributed by atoms with Crippen LogP contribution in [-0.4, -0.2) is 32.5 Å². The summed E-state index contributed by atoms with van der Waals surface area (Å²) in [7, 11) is 1.95. The van der Waals surface area contributed by atoms with Gasteiger partial charge < -0.3 is 5.11 Å². The predicted octanol–water partition coefficient (Wildman–Crippen LogP) is 2.03. The zero-order chi connectivity index (χ0) is 12.0. The highest BCUT2D eigenvalue weighted by Gasteiger charge is 2.10. The zero-order valence-corrected chi connectivity index (χ0v) is 11.3. The van der Waals surface area contributed by atoms with Crippen molar-refractivity contribution in [3.63, 3.8) is 0 Å². The van der Waals surface area contributed by atoms with Crippen LogP contribution < -0.4 is 0 Å². The molecule has 1 unspecified atom stereocenters. The fourth-order valence-corrected chi connectivity index (χ4v) is 2.37. The van der Waals surface area contributed by atoms with Gasteiger partial charge in [0, 0.05) is 19.2 Å². The minimum absolute atomic E-state index is 0.237. The van der Waals surface area contributed by atoms with Crippen LogP contribution in [0.15, 0.2) is 6.07 Å². The lowest BCUT2D eigenvalue weighted by Gasteiger charge is -2.09. The molecule has 0 aliphatic rings. The van der Waals surface area contributed by atoms with E-state index in [1.54, 1.807) is 0 Å². The van der Waals surface area contributed by atoms with Gasteiger partial charge in [-0.3, -0.25) is 4.68 Å². The SMILES string of the molecule is CCSCCC(O)Cc1cc(CC)nn1C. The first-order chi connectivity index (χ1) is 7.67. The topological polar surface area (TPSA) is 38.1 Å². The maximum Gasteiger partial charge on any atom is 0.0624 e. The summed E-state index contributed by atoms with van der Waals surface area (Å²) in [6.45, 7) is 4.24. The average molecular weight is 242 g/mol. The Morgan fingerprint density at radius 3 is 2.81 bits per heavy atom. The number of hydrogen-bond acceptors (Lipinski definition) is 3. The van der Waals surface area contributed by atoms with E-state index in [1.807, 2.05) is 23.5 Å². The van der Waals surface area contributed by atoms with Gasteiger partial charge in [-0.1, -0.05) is 13.8 Å². The summed E-state index contributed by atoms with van der Waals surface area (Å²) in [4.78, 5) is 0. The number of aryl methyl sites for hydroxylation is 2. The van der Waals surface area contributed by atoms with Crippen LogP contribution in [0.25, 0.3) is 0 Å². The number of thioether (sulfide) groups is 1. The van der Waals surface area contributed by atoms with Crippen LogP contribution in [0.4, 0.5) is 0 Å². The Morgan fingerprint density at radius 2 is 2.25 bits per heavy atom. The molecular weight excluding hydrogens is 220 g/mol. The van der Waals surface area contributed by atoms with Gasteiger partial charge >= 0.3 is 0 Å². The van der Waals surface area contributed by atoms with Crippen molar-refractivity contribution in [1.29, 1.82) is 0 Å². The van der Waals surface area contributed by atoms with Crippen LogP contribution in [0, 0.1) is 0 Å². The zero-order valence-electron chi connectivity index (χ0n) is 10.4. The third-order valence-electron chi connectivity index (χ3n) is 2.63. The molecule has 1 aromatic heterocycles. The number of hydrogen-bond donors (Lipinski definition) is 1. The molecule has 0 bridgehead atoms. The van der Waals surface area contributed by atoms with E-state index in [0.29, 0.717) is 6.42 Å². The first-order valence-electron chi connectivity index (χ1n) is 5.95. The van der Waals surface area contributed by atoms with Gasteiger partial charge in [0.1, 0.15) is 0 Å². The molecular formula is C12H22N2OS. The first-order valence-corrected chi connectivity index (χ1v) is 7.10. The second-order valence-corrected chi connectivity index (χ2v) is 5.34. The number of aliphatic hydroxyl groups is 1. The molecule has 0 saturated heterocycles. The van der Waals surface area contributed by atoms with Gasteiger partial charge in [0.2, 0.25) is 0 Å². The molecule has 4 heteroatoms. The van der Waals surface area contributed by atoms with E-state index >= 15 is 0 Å². The third-order valence-corrected chi connectivity index (χ3v) is 3.57. The van der Waals surface area contributed by atoms with Gasteiger partial charge in [-0.25, -0.2) is 0 Å². The van der Waals surface area contributed by atoms with Gasteiger partial charge in [-0.2, -0.15) is 16.9 Å². The molecule has 0 aromatic carbocycles. The van der Waals surface area contributed by atoms with Gasteiger partial charge in [-0.05, 0) is 30.4 Å². The Balaban J connectivity index is 2.42. The molecule has 0 aliphatic heterocycles. The van der Waals surface area contributed by atoms with Crippen LogP contribution >= 0.6 is 11.8 Å². The van der Waals surface area contributed by atoms with Crippen molar-refractivity contribution in [3.05, 3.63) is 17.5 Å². The maximum absolute atomic E-state index is 9.88. The number of nitrogens with zero attached hydrogens (tertiary/aromatic N) is 2. The average Bonchev–Trinajstić information content (AvgIpc) is 2.60. The standard InChI is InChI=1S/C12H22N2OS/c1-4-10-8-11(14(3)13-10)9-12(15)6-7-16-5-2/h8,12,15H,4-7,9H2,1-3H3. The van der Waals surface area contributed by atoms with Crippen molar-refractivity contribution in [2.45, 2.75) is 39.2 Å². The molecule has 92 valence electrons. The van der Waals surface area contributed by atoms with Crippen molar-refractivity contribution in [3.8, 4) is 0 Å². The predicted molar refractivity (Wildman–Crippen MR) is 69.9 cm³/mol. The lowest BCUT2D eigenvalue weighted by Crippen LogP contribution is -2.14. The summed E-state index contributed by atoms with van der Waals surface area (Å²) in [5.41, 5.74) is 2.23. The largest absolute Gasteiger partial charge is 0.393 e. The fourth-order valence-electron chi connectivity index (χ4n) is 1.64. The molecule has 1 rings (SSSR count). The van der Waals surface area contributed by atoms with Crippen molar-refractivity contribution in [1.82, 2.24) is 9.78 Å². The summed E-state index contributed by atoms with van der Waals surface area (Å²) >= 11 is 1.88. The van der Waals surface area contributed by atoms with Crippen LogP contribution in [0.1, 0.15) is 31.7 Å². The van der Waals surface area contributed by atoms with Crippen LogP contribution in [-0.2, 0) is 19.9 Å². The molecule has 1 N–H and O–H groups in total. The lowest BCUT2D eigenvalue weighted by molar-refractivity contribution is 0.169. The Hall–Kier alpha value is -0.480. The lowest BCUT2D eigenvalue weighted by atomic mass is 10.1. The molecule has 3 nitrogen and oxygen atoms in total. The van der Waals surface area contributed by atoms with Crippen LogP contribution in [0.5, 0.6) is 0 Å². The van der Waals surface area contributed by atoms with Crippen molar-refractivity contribution < 1.29 is 5.11 Å². The highest BCUT2D eigenvalue weighted by atomic mass is 32.2. The van der Waals surface area contributed by atoms with E-state index in [-0.39, 0.29) is 6.10 Å². The Bertz CT molecular complexity index is 312. The second kappa shape index (κ2) is 6.97. The van der Waals surface area contributed by atoms with Crippen molar-refractivity contribution in [2.24, 2.45) is 7.05 Å². The highest BCUT2D eigenvalue weighted by Crippen LogP contribution is 2.11. The summed E-state index contributed by atoms with van der Waals surface area (Å²) in [6, 6.07) is 2.09. The van der Waals surface area contributed by atoms with E-state index in [4.69, 9.17) is 0 Å². The summed E-state index contributed by atoms with van der Waals surface area (Å²) in [5, 5.41) is 14.3. The van der Waals surface area contributed by atoms with E-state index in [2.05, 4.69) is 25.0 Å². The van der Waals surface area contributed by atoms with Gasteiger partial charge in [0.25, 0.3) is 0 Å². The molecule has 0 spiro atoms. The fraction of sp³-hybridized carbons (Fsp3) is 0.750. The number of rotatable bonds is 7. The normalized spacial score (nSPS) is 13.0. The van der Waals surface area contributed by atoms with Crippen molar-refractivity contribution >= 4 is 11.8 Å². The Morgan fingerprint density at radius 1 is 1.50 bits per heavy atom.